The minimum Gasteiger partial charge on any atom is -0.371 e. The van der Waals surface area contributed by atoms with Gasteiger partial charge >= 0.3 is 6.18 Å². The smallest absolute Gasteiger partial charge is 0.371 e. The Kier molecular flexibility index (Phi) is 4.52. The molecule has 0 bridgehead atoms. The van der Waals surface area contributed by atoms with Gasteiger partial charge in [0.2, 0.25) is 0 Å². The molecule has 2 nitrogen and oxygen atoms in total. The molecule has 0 amide bonds. The van der Waals surface area contributed by atoms with Crippen molar-refractivity contribution in [2.45, 2.75) is 25.4 Å². The topological polar surface area (TPSA) is 29.3 Å². The fourth-order valence-corrected chi connectivity index (χ4v) is 2.59. The molecule has 1 saturated heterocycles. The van der Waals surface area contributed by atoms with E-state index in [-0.39, 0.29) is 18.7 Å². The van der Waals surface area contributed by atoms with Gasteiger partial charge in [-0.1, -0.05) is 0 Å². The minimum atomic E-state index is -4.13. The number of nitrogens with zero attached hydrogens (tertiary/aromatic N) is 1. The molecule has 0 unspecified atom stereocenters. The summed E-state index contributed by atoms with van der Waals surface area (Å²) in [6.07, 6.45) is -3.44. The third-order valence-corrected chi connectivity index (χ3v) is 3.70. The van der Waals surface area contributed by atoms with Crippen LogP contribution in [0.2, 0.25) is 0 Å². The van der Waals surface area contributed by atoms with E-state index in [1.54, 1.807) is 0 Å². The molecule has 112 valence electrons. The van der Waals surface area contributed by atoms with Crippen LogP contribution in [-0.2, 0) is 6.42 Å². The van der Waals surface area contributed by atoms with Gasteiger partial charge in [-0.2, -0.15) is 13.2 Å². The third kappa shape index (κ3) is 3.62. The van der Waals surface area contributed by atoms with E-state index in [2.05, 4.69) is 0 Å². The summed E-state index contributed by atoms with van der Waals surface area (Å²) in [5.41, 5.74) is 6.87. The van der Waals surface area contributed by atoms with Crippen LogP contribution < -0.4 is 10.6 Å². The predicted octanol–water partition coefficient (Wildman–Crippen LogP) is 3.11. The lowest BCUT2D eigenvalue weighted by molar-refractivity contribution is -0.179. The molecule has 1 aliphatic heterocycles. The Balaban J connectivity index is 2.07. The van der Waals surface area contributed by atoms with Crippen LogP contribution in [0.15, 0.2) is 18.2 Å². The van der Waals surface area contributed by atoms with Crippen molar-refractivity contribution < 1.29 is 17.6 Å². The molecule has 2 N–H and O–H groups in total. The largest absolute Gasteiger partial charge is 0.391 e. The van der Waals surface area contributed by atoms with Crippen LogP contribution in [-0.4, -0.2) is 25.8 Å². The molecule has 1 heterocycles. The van der Waals surface area contributed by atoms with Crippen LogP contribution in [0.3, 0.4) is 0 Å². The summed E-state index contributed by atoms with van der Waals surface area (Å²) >= 11 is 0. The molecular weight excluding hydrogens is 272 g/mol. The second-order valence-corrected chi connectivity index (χ2v) is 5.16. The van der Waals surface area contributed by atoms with Crippen molar-refractivity contribution in [3.05, 3.63) is 29.6 Å². The van der Waals surface area contributed by atoms with E-state index in [0.29, 0.717) is 31.7 Å². The van der Waals surface area contributed by atoms with E-state index in [9.17, 15) is 17.6 Å². The molecular formula is C14H18F4N2. The lowest BCUT2D eigenvalue weighted by Crippen LogP contribution is -2.39. The summed E-state index contributed by atoms with van der Waals surface area (Å²) < 4.78 is 51.3. The highest BCUT2D eigenvalue weighted by molar-refractivity contribution is 5.49. The van der Waals surface area contributed by atoms with Crippen LogP contribution in [0.4, 0.5) is 23.2 Å². The zero-order valence-electron chi connectivity index (χ0n) is 11.1. The van der Waals surface area contributed by atoms with Crippen molar-refractivity contribution in [1.82, 2.24) is 0 Å². The standard InChI is InChI=1S/C14H18F4N2/c15-12-7-10(1-4-19)8-13(9-12)20-5-2-11(3-6-20)14(16,17)18/h7-9,11H,1-6,19H2. The monoisotopic (exact) mass is 290 g/mol. The molecule has 2 rings (SSSR count). The van der Waals surface area contributed by atoms with Crippen LogP contribution in [0, 0.1) is 11.7 Å². The van der Waals surface area contributed by atoms with Crippen molar-refractivity contribution in [3.8, 4) is 0 Å². The number of alkyl halides is 3. The molecule has 6 heteroatoms. The van der Waals surface area contributed by atoms with Gasteiger partial charge in [0.05, 0.1) is 5.92 Å². The van der Waals surface area contributed by atoms with Crippen LogP contribution >= 0.6 is 0 Å². The average Bonchev–Trinajstić information content (AvgIpc) is 2.37. The van der Waals surface area contributed by atoms with E-state index in [1.165, 1.54) is 12.1 Å². The molecule has 1 aromatic carbocycles. The van der Waals surface area contributed by atoms with Gasteiger partial charge in [-0.3, -0.25) is 0 Å². The molecule has 1 aliphatic rings. The first-order valence-electron chi connectivity index (χ1n) is 6.71. The zero-order valence-corrected chi connectivity index (χ0v) is 11.1. The molecule has 0 radical (unpaired) electrons. The normalized spacial score (nSPS) is 17.6. The van der Waals surface area contributed by atoms with Crippen molar-refractivity contribution in [2.75, 3.05) is 24.5 Å². The van der Waals surface area contributed by atoms with Gasteiger partial charge in [0.25, 0.3) is 0 Å². The van der Waals surface area contributed by atoms with Gasteiger partial charge in [-0.15, -0.1) is 0 Å². The Morgan fingerprint density at radius 3 is 2.35 bits per heavy atom. The number of piperidine rings is 1. The zero-order chi connectivity index (χ0) is 14.8. The van der Waals surface area contributed by atoms with E-state index in [4.69, 9.17) is 5.73 Å². The van der Waals surface area contributed by atoms with Crippen molar-refractivity contribution in [2.24, 2.45) is 11.7 Å². The molecule has 1 fully saturated rings. The number of nitrogens with two attached hydrogens (primary N) is 1. The highest BCUT2D eigenvalue weighted by atomic mass is 19.4. The van der Waals surface area contributed by atoms with Gasteiger partial charge in [0, 0.05) is 18.8 Å². The van der Waals surface area contributed by atoms with E-state index in [0.717, 1.165) is 5.56 Å². The number of hydrogen-bond acceptors (Lipinski definition) is 2. The molecule has 0 atom stereocenters. The molecule has 0 aliphatic carbocycles. The average molecular weight is 290 g/mol. The first kappa shape index (κ1) is 15.1. The predicted molar refractivity (Wildman–Crippen MR) is 70.2 cm³/mol. The summed E-state index contributed by atoms with van der Waals surface area (Å²) in [5, 5.41) is 0. The van der Waals surface area contributed by atoms with Gasteiger partial charge in [-0.25, -0.2) is 4.39 Å². The summed E-state index contributed by atoms with van der Waals surface area (Å²) in [6.45, 7) is 1.02. The Hall–Kier alpha value is -1.30. The minimum absolute atomic E-state index is 0.0617. The number of halogens is 4. The Morgan fingerprint density at radius 2 is 1.80 bits per heavy atom. The Bertz CT molecular complexity index is 451. The van der Waals surface area contributed by atoms with Gasteiger partial charge in [-0.05, 0) is 49.6 Å². The van der Waals surface area contributed by atoms with Gasteiger partial charge in [0.1, 0.15) is 5.82 Å². The van der Waals surface area contributed by atoms with Crippen molar-refractivity contribution in [1.29, 1.82) is 0 Å². The maximum atomic E-state index is 13.5. The fraction of sp³-hybridized carbons (Fsp3) is 0.571. The maximum Gasteiger partial charge on any atom is 0.391 e. The quantitative estimate of drug-likeness (QED) is 0.867. The second kappa shape index (κ2) is 5.99. The lowest BCUT2D eigenvalue weighted by Gasteiger charge is -2.34. The van der Waals surface area contributed by atoms with E-state index >= 15 is 0 Å². The maximum absolute atomic E-state index is 13.5. The molecule has 0 saturated carbocycles. The van der Waals surface area contributed by atoms with Gasteiger partial charge < -0.3 is 10.6 Å². The molecule has 20 heavy (non-hydrogen) atoms. The first-order chi connectivity index (χ1) is 9.40. The van der Waals surface area contributed by atoms with Crippen LogP contribution in [0.1, 0.15) is 18.4 Å². The summed E-state index contributed by atoms with van der Waals surface area (Å²) in [4.78, 5) is 1.81. The van der Waals surface area contributed by atoms with E-state index < -0.39 is 12.1 Å². The SMILES string of the molecule is NCCc1cc(F)cc(N2CCC(C(F)(F)F)CC2)c1. The fourth-order valence-electron chi connectivity index (χ4n) is 2.59. The number of rotatable bonds is 3. The van der Waals surface area contributed by atoms with Gasteiger partial charge in [0.15, 0.2) is 0 Å². The van der Waals surface area contributed by atoms with E-state index in [1.807, 2.05) is 11.0 Å². The third-order valence-electron chi connectivity index (χ3n) is 3.70. The number of anilines is 1. The Labute approximate surface area is 115 Å². The molecule has 0 spiro atoms. The molecule has 1 aromatic rings. The lowest BCUT2D eigenvalue weighted by atomic mass is 9.95. The first-order valence-corrected chi connectivity index (χ1v) is 6.71. The van der Waals surface area contributed by atoms with Crippen molar-refractivity contribution in [3.63, 3.8) is 0 Å². The summed E-state index contributed by atoms with van der Waals surface area (Å²) in [5.74, 6) is -1.61. The number of hydrogen-bond donors (Lipinski definition) is 1. The van der Waals surface area contributed by atoms with Crippen LogP contribution in [0.5, 0.6) is 0 Å². The molecule has 0 aromatic heterocycles. The van der Waals surface area contributed by atoms with Crippen LogP contribution in [0.25, 0.3) is 0 Å². The summed E-state index contributed by atoms with van der Waals surface area (Å²) in [6, 6.07) is 4.59. The Morgan fingerprint density at radius 1 is 1.15 bits per heavy atom. The summed E-state index contributed by atoms with van der Waals surface area (Å²) in [7, 11) is 0. The van der Waals surface area contributed by atoms with Crippen molar-refractivity contribution >= 4 is 5.69 Å². The highest BCUT2D eigenvalue weighted by Crippen LogP contribution is 2.35. The highest BCUT2D eigenvalue weighted by Gasteiger charge is 2.41. The second-order valence-electron chi connectivity index (χ2n) is 5.16. The number of benzene rings is 1.